The molecule has 0 heterocycles. The second kappa shape index (κ2) is 3.82. The van der Waals surface area contributed by atoms with E-state index in [1.165, 1.54) is 0 Å². The van der Waals surface area contributed by atoms with Crippen LogP contribution in [-0.4, -0.2) is 22.4 Å². The number of halogens is 1. The maximum absolute atomic E-state index is 8.84. The maximum atomic E-state index is 8.84. The molecule has 12 heavy (non-hydrogen) atoms. The molecule has 0 aromatic heterocycles. The Bertz CT molecular complexity index is 217. The number of nitrogens with zero attached hydrogens (tertiary/aromatic N) is 2. The molecule has 0 saturated heterocycles. The van der Waals surface area contributed by atoms with E-state index in [4.69, 9.17) is 16.9 Å². The van der Waals surface area contributed by atoms with Gasteiger partial charge in [-0.05, 0) is 20.3 Å². The first-order valence-corrected chi connectivity index (χ1v) is 4.59. The predicted octanol–water partition coefficient (Wildman–Crippen LogP) is 2.11. The second-order valence-corrected chi connectivity index (χ2v) is 3.87. The molecule has 0 spiro atoms. The zero-order chi connectivity index (χ0) is 9.14. The van der Waals surface area contributed by atoms with Crippen LogP contribution < -0.4 is 0 Å². The Balaban J connectivity index is 2.59. The van der Waals surface area contributed by atoms with Gasteiger partial charge in [-0.25, -0.2) is 0 Å². The van der Waals surface area contributed by atoms with Gasteiger partial charge >= 0.3 is 0 Å². The lowest BCUT2D eigenvalue weighted by molar-refractivity contribution is 0.275. The van der Waals surface area contributed by atoms with Gasteiger partial charge in [0.15, 0.2) is 6.19 Å². The van der Waals surface area contributed by atoms with E-state index in [0.29, 0.717) is 0 Å². The largest absolute Gasteiger partial charge is 0.301 e. The van der Waals surface area contributed by atoms with Crippen LogP contribution in [-0.2, 0) is 0 Å². The molecular formula is C9H13ClN2. The normalized spacial score (nSPS) is 27.6. The van der Waals surface area contributed by atoms with Gasteiger partial charge < -0.3 is 4.90 Å². The molecule has 0 saturated carbocycles. The van der Waals surface area contributed by atoms with E-state index in [9.17, 15) is 0 Å². The van der Waals surface area contributed by atoms with E-state index in [1.54, 1.807) is 4.90 Å². The zero-order valence-corrected chi connectivity index (χ0v) is 8.12. The fourth-order valence-electron chi connectivity index (χ4n) is 1.42. The third kappa shape index (κ3) is 1.92. The van der Waals surface area contributed by atoms with Gasteiger partial charge in [-0.2, -0.15) is 5.26 Å². The van der Waals surface area contributed by atoms with Crippen LogP contribution in [0.5, 0.6) is 0 Å². The van der Waals surface area contributed by atoms with Crippen molar-refractivity contribution >= 4 is 11.6 Å². The van der Waals surface area contributed by atoms with Crippen molar-refractivity contribution < 1.29 is 0 Å². The monoisotopic (exact) mass is 184 g/mol. The van der Waals surface area contributed by atoms with E-state index in [-0.39, 0.29) is 17.5 Å². The first-order valence-electron chi connectivity index (χ1n) is 4.15. The fraction of sp³-hybridized carbons (Fsp3) is 0.667. The molecule has 1 rings (SSSR count). The molecule has 2 nitrogen and oxygen atoms in total. The number of nitriles is 1. The third-order valence-electron chi connectivity index (χ3n) is 2.04. The molecule has 0 aliphatic heterocycles. The number of allylic oxidation sites excluding steroid dienone is 1. The molecule has 0 amide bonds. The van der Waals surface area contributed by atoms with Crippen LogP contribution in [0.1, 0.15) is 20.3 Å². The lowest BCUT2D eigenvalue weighted by Gasteiger charge is -2.25. The summed E-state index contributed by atoms with van der Waals surface area (Å²) < 4.78 is 0. The second-order valence-electron chi connectivity index (χ2n) is 3.30. The van der Waals surface area contributed by atoms with Crippen molar-refractivity contribution in [2.45, 2.75) is 37.7 Å². The summed E-state index contributed by atoms with van der Waals surface area (Å²) in [5.41, 5.74) is 0. The average molecular weight is 185 g/mol. The van der Waals surface area contributed by atoms with Crippen LogP contribution in [0.25, 0.3) is 0 Å². The van der Waals surface area contributed by atoms with Crippen molar-refractivity contribution in [2.24, 2.45) is 0 Å². The standard InChI is InChI=1S/C9H13ClN2/c1-7(2)12(6-11)9-4-3-8(10)5-9/h3-4,7-9H,5H2,1-2H3/t8-,9+/m0/s1. The Morgan fingerprint density at radius 2 is 2.25 bits per heavy atom. The lowest BCUT2D eigenvalue weighted by atomic mass is 10.2. The maximum Gasteiger partial charge on any atom is 0.180 e. The van der Waals surface area contributed by atoms with Crippen LogP contribution in [0, 0.1) is 11.5 Å². The van der Waals surface area contributed by atoms with Gasteiger partial charge in [0.1, 0.15) is 0 Å². The molecular weight excluding hydrogens is 172 g/mol. The Hall–Kier alpha value is -0.680. The Morgan fingerprint density at radius 3 is 2.58 bits per heavy atom. The van der Waals surface area contributed by atoms with Gasteiger partial charge in [0, 0.05) is 6.04 Å². The highest BCUT2D eigenvalue weighted by atomic mass is 35.5. The fourth-order valence-corrected chi connectivity index (χ4v) is 1.68. The first-order chi connectivity index (χ1) is 5.65. The third-order valence-corrected chi connectivity index (χ3v) is 2.36. The van der Waals surface area contributed by atoms with Gasteiger partial charge in [0.05, 0.1) is 11.4 Å². The first kappa shape index (κ1) is 9.41. The van der Waals surface area contributed by atoms with Crippen molar-refractivity contribution in [1.82, 2.24) is 4.90 Å². The molecule has 0 fully saturated rings. The van der Waals surface area contributed by atoms with Crippen LogP contribution in [0.15, 0.2) is 12.2 Å². The van der Waals surface area contributed by atoms with Crippen LogP contribution in [0.4, 0.5) is 0 Å². The van der Waals surface area contributed by atoms with Crippen LogP contribution in [0.2, 0.25) is 0 Å². The number of hydrogen-bond donors (Lipinski definition) is 0. The number of rotatable bonds is 2. The lowest BCUT2D eigenvalue weighted by Crippen LogP contribution is -2.34. The highest BCUT2D eigenvalue weighted by Gasteiger charge is 2.23. The van der Waals surface area contributed by atoms with Crippen molar-refractivity contribution in [1.29, 1.82) is 5.26 Å². The molecule has 0 N–H and O–H groups in total. The van der Waals surface area contributed by atoms with Gasteiger partial charge in [-0.3, -0.25) is 0 Å². The predicted molar refractivity (Wildman–Crippen MR) is 49.8 cm³/mol. The van der Waals surface area contributed by atoms with Gasteiger partial charge in [-0.1, -0.05) is 12.2 Å². The molecule has 0 aromatic rings. The highest BCUT2D eigenvalue weighted by molar-refractivity contribution is 6.22. The summed E-state index contributed by atoms with van der Waals surface area (Å²) in [6.07, 6.45) is 7.01. The minimum absolute atomic E-state index is 0.101. The van der Waals surface area contributed by atoms with E-state index in [2.05, 4.69) is 6.19 Å². The molecule has 3 heteroatoms. The summed E-state index contributed by atoms with van der Waals surface area (Å²) in [7, 11) is 0. The molecule has 0 bridgehead atoms. The molecule has 1 aliphatic rings. The summed E-state index contributed by atoms with van der Waals surface area (Å²) >= 11 is 5.89. The molecule has 0 aromatic carbocycles. The van der Waals surface area contributed by atoms with Crippen molar-refractivity contribution in [3.05, 3.63) is 12.2 Å². The average Bonchev–Trinajstić information content (AvgIpc) is 2.37. The molecule has 0 unspecified atom stereocenters. The van der Waals surface area contributed by atoms with E-state index in [0.717, 1.165) is 6.42 Å². The SMILES string of the molecule is CC(C)N(C#N)[C@@H]1C=C[C@H](Cl)C1. The smallest absolute Gasteiger partial charge is 0.180 e. The van der Waals surface area contributed by atoms with Crippen molar-refractivity contribution in [2.75, 3.05) is 0 Å². The summed E-state index contributed by atoms with van der Waals surface area (Å²) in [5.74, 6) is 0. The van der Waals surface area contributed by atoms with Crippen molar-refractivity contribution in [3.63, 3.8) is 0 Å². The van der Waals surface area contributed by atoms with E-state index >= 15 is 0 Å². The number of alkyl halides is 1. The minimum Gasteiger partial charge on any atom is -0.301 e. The summed E-state index contributed by atoms with van der Waals surface area (Å²) in [6, 6.07) is 0.462. The highest BCUT2D eigenvalue weighted by Crippen LogP contribution is 2.21. The minimum atomic E-state index is 0.101. The van der Waals surface area contributed by atoms with E-state index in [1.807, 2.05) is 26.0 Å². The van der Waals surface area contributed by atoms with Gasteiger partial charge in [-0.15, -0.1) is 11.6 Å². The topological polar surface area (TPSA) is 27.0 Å². The zero-order valence-electron chi connectivity index (χ0n) is 7.37. The van der Waals surface area contributed by atoms with E-state index < -0.39 is 0 Å². The Labute approximate surface area is 78.4 Å². The number of hydrogen-bond acceptors (Lipinski definition) is 2. The molecule has 0 radical (unpaired) electrons. The van der Waals surface area contributed by atoms with Gasteiger partial charge in [0.2, 0.25) is 0 Å². The van der Waals surface area contributed by atoms with Crippen LogP contribution >= 0.6 is 11.6 Å². The molecule has 1 aliphatic carbocycles. The molecule has 2 atom stereocenters. The van der Waals surface area contributed by atoms with Crippen LogP contribution in [0.3, 0.4) is 0 Å². The summed E-state index contributed by atoms with van der Waals surface area (Å²) in [4.78, 5) is 1.78. The Kier molecular flexibility index (Phi) is 2.99. The summed E-state index contributed by atoms with van der Waals surface area (Å²) in [6.45, 7) is 4.03. The summed E-state index contributed by atoms with van der Waals surface area (Å²) in [5, 5.41) is 8.94. The van der Waals surface area contributed by atoms with Gasteiger partial charge in [0.25, 0.3) is 0 Å². The molecule has 66 valence electrons. The Morgan fingerprint density at radius 1 is 1.58 bits per heavy atom. The van der Waals surface area contributed by atoms with Crippen molar-refractivity contribution in [3.8, 4) is 6.19 Å². The quantitative estimate of drug-likeness (QED) is 0.285.